The summed E-state index contributed by atoms with van der Waals surface area (Å²) in [6.45, 7) is 0.780. The van der Waals surface area contributed by atoms with Crippen molar-refractivity contribution < 1.29 is 73.8 Å². The van der Waals surface area contributed by atoms with Crippen LogP contribution < -0.4 is 0 Å². The predicted octanol–water partition coefficient (Wildman–Crippen LogP) is -0.376. The van der Waals surface area contributed by atoms with Crippen molar-refractivity contribution in [3.8, 4) is 17.2 Å². The number of hydrogen-bond donors (Lipinski definition) is 7. The van der Waals surface area contributed by atoms with Crippen LogP contribution in [0.1, 0.15) is 40.5 Å². The van der Waals surface area contributed by atoms with Crippen LogP contribution in [0.25, 0.3) is 0 Å². The number of hydrogen-bond acceptors (Lipinski definition) is 15. The highest BCUT2D eigenvalue weighted by Gasteiger charge is 2.94. The number of phenolic OH excluding ortho intramolecular Hbond substituents is 3. The molecule has 15 heteroatoms. The first kappa shape index (κ1) is 30.1. The van der Waals surface area contributed by atoms with Crippen molar-refractivity contribution in [3.05, 3.63) is 53.6 Å². The molecular weight excluding hydrogens is 600 g/mol. The summed E-state index contributed by atoms with van der Waals surface area (Å²) in [6, 6.07) is 10.0. The van der Waals surface area contributed by atoms with E-state index in [0.29, 0.717) is 5.56 Å². The molecule has 2 aromatic carbocycles. The van der Waals surface area contributed by atoms with Gasteiger partial charge in [-0.25, -0.2) is 9.59 Å². The smallest absolute Gasteiger partial charge is 0.338 e. The number of esters is 2. The van der Waals surface area contributed by atoms with Crippen LogP contribution in [0.2, 0.25) is 0 Å². The summed E-state index contributed by atoms with van der Waals surface area (Å²) in [5.74, 6) is -6.19. The molecule has 9 rings (SSSR count). The van der Waals surface area contributed by atoms with Crippen LogP contribution in [-0.2, 0) is 28.4 Å². The Morgan fingerprint density at radius 1 is 0.911 bits per heavy atom. The van der Waals surface area contributed by atoms with Gasteiger partial charge in [-0.3, -0.25) is 0 Å². The number of aromatic hydroxyl groups is 3. The zero-order valence-electron chi connectivity index (χ0n) is 23.8. The number of aliphatic hydroxyl groups excluding tert-OH is 3. The van der Waals surface area contributed by atoms with E-state index in [-0.39, 0.29) is 25.0 Å². The molecule has 2 aromatic rings. The lowest BCUT2D eigenvalue weighted by atomic mass is 9.41. The number of carbonyl (C=O) groups is 2. The molecule has 242 valence electrons. The maximum Gasteiger partial charge on any atom is 0.338 e. The van der Waals surface area contributed by atoms with Crippen molar-refractivity contribution in [1.29, 1.82) is 0 Å². The highest BCUT2D eigenvalue weighted by atomic mass is 16.8. The quantitative estimate of drug-likeness (QED) is 0.145. The van der Waals surface area contributed by atoms with Crippen molar-refractivity contribution in [1.82, 2.24) is 0 Å². The Balaban J connectivity index is 1.11. The van der Waals surface area contributed by atoms with E-state index in [1.165, 1.54) is 0 Å². The molecule has 4 heterocycles. The minimum Gasteiger partial charge on any atom is -0.504 e. The molecule has 7 fully saturated rings. The van der Waals surface area contributed by atoms with E-state index in [1.54, 1.807) is 37.3 Å². The average Bonchev–Trinajstić information content (AvgIpc) is 3.20. The standard InChI is InChI=1S/C30H32O15/c1-27-11-29(39)18-9-30(27,28(18,26(44-27)45-29)12-41-23(37)13-5-3-2-4-6-13)43-25-22(36)21(35)20(34)17(42-25)10-40-24(38)14-7-15(31)19(33)16(32)8-14/h2-8,17-18,20-22,25-26,31-36,39H,9-12H2,1H3/t17-,18+,20-,21+,22-,25+,26-,27+,28+,29-,30-/m1/s1. The lowest BCUT2D eigenvalue weighted by Crippen LogP contribution is -2.80. The molecule has 0 radical (unpaired) electrons. The fourth-order valence-corrected chi connectivity index (χ4v) is 7.82. The molecule has 6 bridgehead atoms. The molecule has 11 atom stereocenters. The highest BCUT2D eigenvalue weighted by Crippen LogP contribution is 2.81. The van der Waals surface area contributed by atoms with Crippen molar-refractivity contribution in [3.63, 3.8) is 0 Å². The number of phenols is 3. The molecule has 4 saturated heterocycles. The average molecular weight is 633 g/mol. The second-order valence-electron chi connectivity index (χ2n) is 12.5. The maximum absolute atomic E-state index is 12.9. The van der Waals surface area contributed by atoms with Gasteiger partial charge >= 0.3 is 11.9 Å². The predicted molar refractivity (Wildman–Crippen MR) is 143 cm³/mol. The third-order valence-corrected chi connectivity index (χ3v) is 10.1. The van der Waals surface area contributed by atoms with Gasteiger partial charge in [0, 0.05) is 12.3 Å². The Bertz CT molecular complexity index is 1510. The largest absolute Gasteiger partial charge is 0.504 e. The van der Waals surface area contributed by atoms with E-state index in [2.05, 4.69) is 0 Å². The van der Waals surface area contributed by atoms with Crippen LogP contribution >= 0.6 is 0 Å². The van der Waals surface area contributed by atoms with E-state index in [4.69, 9.17) is 28.4 Å². The van der Waals surface area contributed by atoms with E-state index >= 15 is 0 Å². The molecule has 0 spiro atoms. The molecule has 45 heavy (non-hydrogen) atoms. The Kier molecular flexibility index (Phi) is 6.68. The summed E-state index contributed by atoms with van der Waals surface area (Å²) >= 11 is 0. The van der Waals surface area contributed by atoms with Crippen molar-refractivity contribution in [2.75, 3.05) is 13.2 Å². The van der Waals surface area contributed by atoms with Gasteiger partial charge in [-0.2, -0.15) is 0 Å². The lowest BCUT2D eigenvalue weighted by molar-refractivity contribution is -0.424. The zero-order chi connectivity index (χ0) is 32.1. The van der Waals surface area contributed by atoms with E-state index < -0.39 is 101 Å². The number of aliphatic hydroxyl groups is 4. The van der Waals surface area contributed by atoms with Crippen molar-refractivity contribution in [2.24, 2.45) is 11.3 Å². The van der Waals surface area contributed by atoms with E-state index in [0.717, 1.165) is 12.1 Å². The van der Waals surface area contributed by atoms with Crippen LogP contribution in [0.4, 0.5) is 0 Å². The Labute approximate surface area is 255 Å². The first-order valence-electron chi connectivity index (χ1n) is 14.3. The van der Waals surface area contributed by atoms with E-state index in [1.807, 2.05) is 0 Å². The number of benzene rings is 2. The summed E-state index contributed by atoms with van der Waals surface area (Å²) in [7, 11) is 0. The first-order valence-corrected chi connectivity index (χ1v) is 14.3. The minimum absolute atomic E-state index is 0.00307. The molecule has 0 unspecified atom stereocenters. The van der Waals surface area contributed by atoms with Gasteiger partial charge in [0.2, 0.25) is 0 Å². The summed E-state index contributed by atoms with van der Waals surface area (Å²) in [5, 5.41) is 72.6. The fraction of sp³-hybridized carbons (Fsp3) is 0.533. The van der Waals surface area contributed by atoms with Gasteiger partial charge in [0.1, 0.15) is 48.8 Å². The number of carbonyl (C=O) groups excluding carboxylic acids is 2. The molecule has 15 nitrogen and oxygen atoms in total. The maximum atomic E-state index is 12.9. The third-order valence-electron chi connectivity index (χ3n) is 10.1. The van der Waals surface area contributed by atoms with Crippen molar-refractivity contribution in [2.45, 2.75) is 73.8 Å². The molecule has 3 aliphatic carbocycles. The zero-order valence-corrected chi connectivity index (χ0v) is 23.8. The second kappa shape index (κ2) is 9.98. The van der Waals surface area contributed by atoms with Gasteiger partial charge in [-0.05, 0) is 37.6 Å². The summed E-state index contributed by atoms with van der Waals surface area (Å²) in [6.07, 6.45) is -9.21. The van der Waals surface area contributed by atoms with Gasteiger partial charge in [0.25, 0.3) is 0 Å². The molecule has 0 aromatic heterocycles. The lowest BCUT2D eigenvalue weighted by Gasteiger charge is -2.67. The van der Waals surface area contributed by atoms with Gasteiger partial charge < -0.3 is 64.2 Å². The molecule has 7 N–H and O–H groups in total. The normalized spacial score (nSPS) is 42.3. The van der Waals surface area contributed by atoms with Crippen LogP contribution in [0, 0.1) is 11.3 Å². The number of ether oxygens (including phenoxy) is 6. The van der Waals surface area contributed by atoms with Gasteiger partial charge in [0.15, 0.2) is 35.6 Å². The van der Waals surface area contributed by atoms with Gasteiger partial charge in [0.05, 0.1) is 16.5 Å². The summed E-state index contributed by atoms with van der Waals surface area (Å²) in [4.78, 5) is 25.5. The van der Waals surface area contributed by atoms with Gasteiger partial charge in [-0.1, -0.05) is 18.2 Å². The van der Waals surface area contributed by atoms with Crippen LogP contribution in [-0.4, -0.2) is 115 Å². The Morgan fingerprint density at radius 3 is 2.27 bits per heavy atom. The first-order chi connectivity index (χ1) is 21.3. The second-order valence-corrected chi connectivity index (χ2v) is 12.5. The van der Waals surface area contributed by atoms with Crippen LogP contribution in [0.5, 0.6) is 17.2 Å². The van der Waals surface area contributed by atoms with E-state index in [9.17, 15) is 45.3 Å². The SMILES string of the molecule is C[C@@]12C[C@@]3(O)O[C@@H](O1)[C@]1(COC(=O)c4ccccc4)[C@@H]3C[C@]12O[C@@H]1O[C@H](COC(=O)c2cc(O)c(O)c(O)c2)[C@@H](O)[C@H](O)[C@H]1O. The monoisotopic (exact) mass is 632 g/mol. The molecule has 7 aliphatic rings. The third kappa shape index (κ3) is 4.06. The number of rotatable bonds is 8. The topological polar surface area (TPSA) is 231 Å². The van der Waals surface area contributed by atoms with Crippen LogP contribution in [0.15, 0.2) is 42.5 Å². The van der Waals surface area contributed by atoms with Crippen molar-refractivity contribution >= 4 is 11.9 Å². The summed E-state index contributed by atoms with van der Waals surface area (Å²) < 4.78 is 35.3. The summed E-state index contributed by atoms with van der Waals surface area (Å²) in [5.41, 5.74) is -3.78. The Morgan fingerprint density at radius 2 is 1.58 bits per heavy atom. The molecule has 3 saturated carbocycles. The Hall–Kier alpha value is -3.54. The molecule has 4 aliphatic heterocycles. The molecule has 0 amide bonds. The van der Waals surface area contributed by atoms with Gasteiger partial charge in [-0.15, -0.1) is 0 Å². The minimum atomic E-state index is -1.81. The molecular formula is C30H32O15. The fourth-order valence-electron chi connectivity index (χ4n) is 7.82. The van der Waals surface area contributed by atoms with Crippen LogP contribution in [0.3, 0.4) is 0 Å². The highest BCUT2D eigenvalue weighted by molar-refractivity contribution is 5.91.